The molecule has 0 aromatic heterocycles. The lowest BCUT2D eigenvalue weighted by atomic mass is 9.46. The van der Waals surface area contributed by atoms with E-state index in [9.17, 15) is 0 Å². The van der Waals surface area contributed by atoms with Gasteiger partial charge < -0.3 is 15.0 Å². The predicted octanol–water partition coefficient (Wildman–Crippen LogP) is 3.01. The molecule has 23 heavy (non-hydrogen) atoms. The number of nitrogens with one attached hydrogen (secondary N) is 1. The molecule has 2 saturated heterocycles. The van der Waals surface area contributed by atoms with Crippen LogP contribution in [0, 0.1) is 16.7 Å². The van der Waals surface area contributed by atoms with Crippen LogP contribution in [0.3, 0.4) is 0 Å². The van der Waals surface area contributed by atoms with Crippen LogP contribution in [0.15, 0.2) is 4.99 Å². The van der Waals surface area contributed by atoms with Gasteiger partial charge in [0.2, 0.25) is 0 Å². The quantitative estimate of drug-likeness (QED) is 0.394. The van der Waals surface area contributed by atoms with E-state index in [1.165, 1.54) is 70.4 Å². The maximum atomic E-state index is 6.05. The molecule has 3 unspecified atom stereocenters. The second kappa shape index (κ2) is 5.75. The van der Waals surface area contributed by atoms with Crippen molar-refractivity contribution in [2.24, 2.45) is 21.7 Å². The summed E-state index contributed by atoms with van der Waals surface area (Å²) >= 11 is 0. The molecule has 5 fully saturated rings. The zero-order valence-corrected chi connectivity index (χ0v) is 16.6. The summed E-state index contributed by atoms with van der Waals surface area (Å²) in [6.45, 7) is 3.40. The third kappa shape index (κ3) is 2.21. The number of hydrogen-bond acceptors (Lipinski definition) is 2. The standard InChI is InChI=1S/C18H29N3O.HI/c1-19-16(21-10-9-17(12-21)5-2-6-17)20-14-13-4-11-22-15(13)18(14)7-3-8-18;/h13-15H,2-12H2,1H3,(H,19,20);1H. The lowest BCUT2D eigenvalue weighted by Gasteiger charge is -2.63. The van der Waals surface area contributed by atoms with E-state index in [2.05, 4.69) is 15.2 Å². The molecule has 5 rings (SSSR count). The molecule has 2 heterocycles. The fourth-order valence-corrected chi connectivity index (χ4v) is 6.09. The zero-order valence-electron chi connectivity index (χ0n) is 14.2. The van der Waals surface area contributed by atoms with Crippen LogP contribution < -0.4 is 5.32 Å². The Morgan fingerprint density at radius 2 is 1.96 bits per heavy atom. The van der Waals surface area contributed by atoms with E-state index >= 15 is 0 Å². The number of aliphatic imine (C=N–C) groups is 1. The molecular weight excluding hydrogens is 401 g/mol. The smallest absolute Gasteiger partial charge is 0.193 e. The molecule has 3 atom stereocenters. The van der Waals surface area contributed by atoms with Crippen LogP contribution in [-0.4, -0.2) is 49.7 Å². The van der Waals surface area contributed by atoms with E-state index in [0.29, 0.717) is 23.0 Å². The molecule has 1 N–H and O–H groups in total. The third-order valence-corrected chi connectivity index (χ3v) is 7.68. The fraction of sp³-hybridized carbons (Fsp3) is 0.944. The zero-order chi connectivity index (χ0) is 14.8. The molecular formula is C18H30IN3O. The Morgan fingerprint density at radius 1 is 1.17 bits per heavy atom. The van der Waals surface area contributed by atoms with Crippen LogP contribution in [0.5, 0.6) is 0 Å². The Labute approximate surface area is 156 Å². The lowest BCUT2D eigenvalue weighted by Crippen LogP contribution is -2.72. The predicted molar refractivity (Wildman–Crippen MR) is 102 cm³/mol. The summed E-state index contributed by atoms with van der Waals surface area (Å²) in [5, 5.41) is 3.89. The minimum atomic E-state index is 0. The summed E-state index contributed by atoms with van der Waals surface area (Å²) in [6.07, 6.45) is 11.6. The molecule has 5 heteroatoms. The van der Waals surface area contributed by atoms with Crippen molar-refractivity contribution < 1.29 is 4.74 Å². The maximum absolute atomic E-state index is 6.05. The van der Waals surface area contributed by atoms with Crippen LogP contribution in [-0.2, 0) is 4.74 Å². The maximum Gasteiger partial charge on any atom is 0.193 e. The monoisotopic (exact) mass is 431 g/mol. The normalized spacial score (nSPS) is 39.3. The Kier molecular flexibility index (Phi) is 4.11. The Bertz CT molecular complexity index is 500. The summed E-state index contributed by atoms with van der Waals surface area (Å²) in [5.74, 6) is 1.91. The molecule has 3 aliphatic carbocycles. The Hall–Kier alpha value is -0.0400. The number of nitrogens with zero attached hydrogens (tertiary/aromatic N) is 2. The molecule has 5 aliphatic rings. The van der Waals surface area contributed by atoms with Crippen LogP contribution in [0.4, 0.5) is 0 Å². The highest BCUT2D eigenvalue weighted by atomic mass is 127. The van der Waals surface area contributed by atoms with E-state index in [4.69, 9.17) is 4.74 Å². The second-order valence-electron chi connectivity index (χ2n) is 8.52. The number of guanidine groups is 1. The minimum absolute atomic E-state index is 0. The van der Waals surface area contributed by atoms with Gasteiger partial charge in [0.1, 0.15) is 0 Å². The first-order valence-electron chi connectivity index (χ1n) is 9.36. The van der Waals surface area contributed by atoms with Crippen molar-refractivity contribution in [2.45, 2.75) is 63.5 Å². The summed E-state index contributed by atoms with van der Waals surface area (Å²) < 4.78 is 6.05. The van der Waals surface area contributed by atoms with Gasteiger partial charge in [-0.15, -0.1) is 24.0 Å². The number of likely N-dealkylation sites (tertiary alicyclic amines) is 1. The van der Waals surface area contributed by atoms with Gasteiger partial charge in [-0.1, -0.05) is 12.8 Å². The number of halogens is 1. The number of rotatable bonds is 1. The summed E-state index contributed by atoms with van der Waals surface area (Å²) in [4.78, 5) is 7.18. The molecule has 0 radical (unpaired) electrons. The molecule has 2 spiro atoms. The first kappa shape index (κ1) is 16.4. The Balaban J connectivity index is 0.00000135. The molecule has 0 aromatic rings. The van der Waals surface area contributed by atoms with Crippen LogP contribution in [0.25, 0.3) is 0 Å². The average molecular weight is 431 g/mol. The number of hydrogen-bond donors (Lipinski definition) is 1. The van der Waals surface area contributed by atoms with Crippen molar-refractivity contribution in [1.82, 2.24) is 10.2 Å². The first-order chi connectivity index (χ1) is 10.8. The van der Waals surface area contributed by atoms with Crippen LogP contribution >= 0.6 is 24.0 Å². The van der Waals surface area contributed by atoms with Gasteiger partial charge in [-0.25, -0.2) is 0 Å². The van der Waals surface area contributed by atoms with Gasteiger partial charge in [0, 0.05) is 44.1 Å². The molecule has 0 amide bonds. The van der Waals surface area contributed by atoms with Gasteiger partial charge in [0.05, 0.1) is 6.10 Å². The molecule has 130 valence electrons. The van der Waals surface area contributed by atoms with Gasteiger partial charge in [0.15, 0.2) is 5.96 Å². The summed E-state index contributed by atoms with van der Waals surface area (Å²) in [7, 11) is 1.96. The van der Waals surface area contributed by atoms with E-state index in [0.717, 1.165) is 12.5 Å². The summed E-state index contributed by atoms with van der Waals surface area (Å²) in [6, 6.07) is 0.616. The van der Waals surface area contributed by atoms with Crippen LogP contribution in [0.2, 0.25) is 0 Å². The highest BCUT2D eigenvalue weighted by Crippen LogP contribution is 2.62. The van der Waals surface area contributed by atoms with Crippen molar-refractivity contribution in [3.63, 3.8) is 0 Å². The van der Waals surface area contributed by atoms with Gasteiger partial charge in [-0.3, -0.25) is 4.99 Å². The van der Waals surface area contributed by atoms with Gasteiger partial charge in [-0.05, 0) is 43.9 Å². The fourth-order valence-electron chi connectivity index (χ4n) is 6.09. The van der Waals surface area contributed by atoms with Crippen LogP contribution in [0.1, 0.15) is 51.4 Å². The Morgan fingerprint density at radius 3 is 2.52 bits per heavy atom. The van der Waals surface area contributed by atoms with Crippen molar-refractivity contribution in [2.75, 3.05) is 26.7 Å². The molecule has 3 saturated carbocycles. The molecule has 0 aromatic carbocycles. The summed E-state index contributed by atoms with van der Waals surface area (Å²) in [5.41, 5.74) is 1.09. The minimum Gasteiger partial charge on any atom is -0.377 e. The van der Waals surface area contributed by atoms with Gasteiger partial charge in [0.25, 0.3) is 0 Å². The van der Waals surface area contributed by atoms with E-state index < -0.39 is 0 Å². The van der Waals surface area contributed by atoms with Crippen molar-refractivity contribution in [3.8, 4) is 0 Å². The largest absolute Gasteiger partial charge is 0.377 e. The van der Waals surface area contributed by atoms with Gasteiger partial charge >= 0.3 is 0 Å². The average Bonchev–Trinajstić information content (AvgIpc) is 3.03. The SMILES string of the molecule is CN=C(NC1C2CCOC2C12CCC2)N1CCC2(CCC2)C1.I. The van der Waals surface area contributed by atoms with E-state index in [1.807, 2.05) is 7.05 Å². The van der Waals surface area contributed by atoms with Crippen molar-refractivity contribution in [3.05, 3.63) is 0 Å². The lowest BCUT2D eigenvalue weighted by molar-refractivity contribution is -0.171. The number of fused-ring (bicyclic) bond motifs is 2. The van der Waals surface area contributed by atoms with E-state index in [1.54, 1.807) is 0 Å². The van der Waals surface area contributed by atoms with Crippen molar-refractivity contribution >= 4 is 29.9 Å². The molecule has 2 aliphatic heterocycles. The van der Waals surface area contributed by atoms with E-state index in [-0.39, 0.29) is 24.0 Å². The second-order valence-corrected chi connectivity index (χ2v) is 8.52. The molecule has 0 bridgehead atoms. The van der Waals surface area contributed by atoms with Gasteiger partial charge in [-0.2, -0.15) is 0 Å². The molecule has 4 nitrogen and oxygen atoms in total. The number of ether oxygens (including phenoxy) is 1. The highest BCUT2D eigenvalue weighted by molar-refractivity contribution is 14.0. The topological polar surface area (TPSA) is 36.9 Å². The third-order valence-electron chi connectivity index (χ3n) is 7.68. The van der Waals surface area contributed by atoms with Crippen molar-refractivity contribution in [1.29, 1.82) is 0 Å². The highest BCUT2D eigenvalue weighted by Gasteiger charge is 2.67. The first-order valence-corrected chi connectivity index (χ1v) is 9.36.